The normalized spacial score (nSPS) is 12.8. The van der Waals surface area contributed by atoms with Crippen LogP contribution in [0, 0.1) is 6.92 Å². The van der Waals surface area contributed by atoms with Crippen molar-refractivity contribution in [2.24, 2.45) is 0 Å². The van der Waals surface area contributed by atoms with E-state index in [0.717, 1.165) is 5.56 Å². The first-order valence-electron chi connectivity index (χ1n) is 4.63. The van der Waals surface area contributed by atoms with Crippen molar-refractivity contribution in [3.63, 3.8) is 0 Å². The molecule has 1 aromatic carbocycles. The molecular weight excluding hydrogens is 360 g/mol. The molecule has 3 nitrogen and oxygen atoms in total. The van der Waals surface area contributed by atoms with Crippen molar-refractivity contribution >= 4 is 42.0 Å². The van der Waals surface area contributed by atoms with Crippen molar-refractivity contribution in [3.8, 4) is 0 Å². The third kappa shape index (κ3) is 3.06. The lowest BCUT2D eigenvalue weighted by Gasteiger charge is -2.24. The summed E-state index contributed by atoms with van der Waals surface area (Å²) in [5.74, 6) is 0. The van der Waals surface area contributed by atoms with Crippen LogP contribution in [0.25, 0.3) is 0 Å². The highest BCUT2D eigenvalue weighted by molar-refractivity contribution is 9.24. The number of aryl methyl sites for hydroxylation is 1. The highest BCUT2D eigenvalue weighted by Gasteiger charge is 2.27. The first-order valence-corrected chi connectivity index (χ1v) is 7.63. The van der Waals surface area contributed by atoms with Gasteiger partial charge in [-0.3, -0.25) is 0 Å². The summed E-state index contributed by atoms with van der Waals surface area (Å²) in [4.78, 5) is -0.186. The molecule has 6 heteroatoms. The smallest absolute Gasteiger partial charge is 0.124 e. The average molecular weight is 371 g/mol. The van der Waals surface area contributed by atoms with Crippen LogP contribution in [0.5, 0.6) is 0 Å². The molecule has 90 valence electrons. The Labute approximate surface area is 112 Å². The number of benzene rings is 1. The van der Waals surface area contributed by atoms with Crippen LogP contribution in [0.2, 0.25) is 0 Å². The quantitative estimate of drug-likeness (QED) is 0.606. The van der Waals surface area contributed by atoms with Crippen LogP contribution in [-0.2, 0) is 13.4 Å². The van der Waals surface area contributed by atoms with Gasteiger partial charge in [0.15, 0.2) is 0 Å². The number of hydrogen-bond acceptors (Lipinski definition) is 3. The van der Waals surface area contributed by atoms with E-state index in [4.69, 9.17) is 0 Å². The summed E-state index contributed by atoms with van der Waals surface area (Å²) >= 11 is 6.76. The van der Waals surface area contributed by atoms with Crippen molar-refractivity contribution in [1.82, 2.24) is 0 Å². The van der Waals surface area contributed by atoms with Gasteiger partial charge in [-0.2, -0.15) is 0 Å². The molecule has 16 heavy (non-hydrogen) atoms. The van der Waals surface area contributed by atoms with E-state index in [1.807, 2.05) is 13.8 Å². The summed E-state index contributed by atoms with van der Waals surface area (Å²) in [5.41, 5.74) is 1.35. The second-order valence-corrected chi connectivity index (χ2v) is 8.63. The molecule has 0 bridgehead atoms. The molecule has 0 saturated carbocycles. The number of rotatable bonds is 3. The minimum Gasteiger partial charge on any atom is -0.744 e. The number of hydrogen-bond donors (Lipinski definition) is 0. The Morgan fingerprint density at radius 3 is 2.38 bits per heavy atom. The molecular formula is C10H11Br2O3S-. The summed E-state index contributed by atoms with van der Waals surface area (Å²) < 4.78 is 32.7. The Kier molecular flexibility index (Phi) is 4.21. The molecule has 0 fully saturated rings. The Bertz CT molecular complexity index is 495. The second-order valence-electron chi connectivity index (χ2n) is 3.51. The van der Waals surface area contributed by atoms with Crippen LogP contribution in [0.3, 0.4) is 0 Å². The molecule has 0 aliphatic carbocycles. The van der Waals surface area contributed by atoms with Gasteiger partial charge in [0.05, 0.1) is 4.90 Å². The van der Waals surface area contributed by atoms with Gasteiger partial charge in [0.1, 0.15) is 13.4 Å². The topological polar surface area (TPSA) is 57.2 Å². The molecule has 0 radical (unpaired) electrons. The molecule has 0 aliphatic rings. The fraction of sp³-hybridized carbons (Fsp3) is 0.400. The van der Waals surface area contributed by atoms with E-state index in [0.29, 0.717) is 12.0 Å². The van der Waals surface area contributed by atoms with E-state index in [1.165, 1.54) is 6.07 Å². The van der Waals surface area contributed by atoms with Gasteiger partial charge in [0.2, 0.25) is 0 Å². The molecule has 0 N–H and O–H groups in total. The largest absolute Gasteiger partial charge is 0.744 e. The zero-order valence-corrected chi connectivity index (χ0v) is 12.8. The van der Waals surface area contributed by atoms with Crippen LogP contribution in [0.15, 0.2) is 23.1 Å². The van der Waals surface area contributed by atoms with Gasteiger partial charge < -0.3 is 4.55 Å². The van der Waals surface area contributed by atoms with E-state index in [1.54, 1.807) is 12.1 Å². The Hall–Kier alpha value is 0.0900. The molecule has 1 aromatic rings. The van der Waals surface area contributed by atoms with Crippen molar-refractivity contribution < 1.29 is 13.0 Å². The minimum atomic E-state index is -4.45. The highest BCUT2D eigenvalue weighted by Crippen LogP contribution is 2.44. The third-order valence-electron chi connectivity index (χ3n) is 2.24. The van der Waals surface area contributed by atoms with Crippen molar-refractivity contribution in [2.75, 3.05) is 0 Å². The van der Waals surface area contributed by atoms with Gasteiger partial charge in [0, 0.05) is 0 Å². The lowest BCUT2D eigenvalue weighted by molar-refractivity contribution is 0.461. The summed E-state index contributed by atoms with van der Waals surface area (Å²) in [6, 6.07) is 4.65. The molecule has 0 unspecified atom stereocenters. The number of halogens is 2. The van der Waals surface area contributed by atoms with E-state index in [-0.39, 0.29) is 4.90 Å². The first-order chi connectivity index (χ1) is 7.18. The van der Waals surface area contributed by atoms with Gasteiger partial charge in [-0.15, -0.1) is 0 Å². The highest BCUT2D eigenvalue weighted by atomic mass is 79.9. The summed E-state index contributed by atoms with van der Waals surface area (Å²) in [6.07, 6.45) is 0.610. The fourth-order valence-electron chi connectivity index (χ4n) is 1.34. The fourth-order valence-corrected chi connectivity index (χ4v) is 2.99. The Morgan fingerprint density at radius 2 is 1.94 bits per heavy atom. The van der Waals surface area contributed by atoms with E-state index >= 15 is 0 Å². The van der Waals surface area contributed by atoms with Crippen LogP contribution in [0.1, 0.15) is 24.5 Å². The van der Waals surface area contributed by atoms with Crippen LogP contribution in [-0.4, -0.2) is 13.0 Å². The van der Waals surface area contributed by atoms with E-state index in [2.05, 4.69) is 31.9 Å². The third-order valence-corrected chi connectivity index (χ3v) is 5.11. The molecule has 0 saturated heterocycles. The lowest BCUT2D eigenvalue weighted by atomic mass is 10.1. The predicted octanol–water partition coefficient (Wildman–Crippen LogP) is 3.25. The zero-order valence-electron chi connectivity index (χ0n) is 8.83. The SMILES string of the molecule is CCC(Br)(Br)c1cc(C)ccc1S(=O)(=O)[O-]. The summed E-state index contributed by atoms with van der Waals surface area (Å²) in [5, 5.41) is 0. The van der Waals surface area contributed by atoms with Gasteiger partial charge in [-0.1, -0.05) is 56.5 Å². The van der Waals surface area contributed by atoms with Crippen LogP contribution >= 0.6 is 31.9 Å². The molecule has 0 amide bonds. The Balaban J connectivity index is 3.54. The molecule has 1 rings (SSSR count). The molecule has 0 aliphatic heterocycles. The first kappa shape index (κ1) is 14.2. The maximum absolute atomic E-state index is 11.1. The molecule has 0 heterocycles. The summed E-state index contributed by atoms with van der Waals surface area (Å²) in [6.45, 7) is 3.73. The predicted molar refractivity (Wildman–Crippen MR) is 69.0 cm³/mol. The van der Waals surface area contributed by atoms with Gasteiger partial charge in [0.25, 0.3) is 0 Å². The van der Waals surface area contributed by atoms with Gasteiger partial charge >= 0.3 is 0 Å². The monoisotopic (exact) mass is 369 g/mol. The van der Waals surface area contributed by atoms with Crippen LogP contribution < -0.4 is 0 Å². The molecule has 0 atom stereocenters. The van der Waals surface area contributed by atoms with Crippen molar-refractivity contribution in [3.05, 3.63) is 29.3 Å². The van der Waals surface area contributed by atoms with E-state index < -0.39 is 13.4 Å². The second kappa shape index (κ2) is 4.76. The average Bonchev–Trinajstić information content (AvgIpc) is 2.15. The Morgan fingerprint density at radius 1 is 1.38 bits per heavy atom. The summed E-state index contributed by atoms with van der Waals surface area (Å²) in [7, 11) is -4.45. The maximum Gasteiger partial charge on any atom is 0.124 e. The van der Waals surface area contributed by atoms with Gasteiger partial charge in [-0.25, -0.2) is 8.42 Å². The van der Waals surface area contributed by atoms with Gasteiger partial charge in [-0.05, 0) is 25.0 Å². The minimum absolute atomic E-state index is 0.186. The zero-order chi connectivity index (χ0) is 12.6. The maximum atomic E-state index is 11.1. The van der Waals surface area contributed by atoms with E-state index in [9.17, 15) is 13.0 Å². The lowest BCUT2D eigenvalue weighted by Crippen LogP contribution is -2.14. The van der Waals surface area contributed by atoms with Crippen LogP contribution in [0.4, 0.5) is 0 Å². The number of alkyl halides is 2. The molecule has 0 spiro atoms. The molecule has 0 aromatic heterocycles. The van der Waals surface area contributed by atoms with Crippen molar-refractivity contribution in [1.29, 1.82) is 0 Å². The standard InChI is InChI=1S/C10H12Br2O3S/c1-3-10(11,12)8-6-7(2)4-5-9(8)16(13,14)15/h4-6H,3H2,1-2H3,(H,13,14,15)/p-1. The van der Waals surface area contributed by atoms with Crippen molar-refractivity contribution in [2.45, 2.75) is 28.4 Å².